The molecular weight excluding hydrogens is 380 g/mol. The molecule has 0 saturated heterocycles. The van der Waals surface area contributed by atoms with Crippen molar-refractivity contribution in [2.24, 2.45) is 0 Å². The van der Waals surface area contributed by atoms with Gasteiger partial charge in [-0.05, 0) is 55.5 Å². The van der Waals surface area contributed by atoms with Crippen LogP contribution in [0.4, 0.5) is 5.69 Å². The molecule has 4 nitrogen and oxygen atoms in total. The average molecular weight is 397 g/mol. The lowest BCUT2D eigenvalue weighted by molar-refractivity contribution is 0.0976. The number of anilines is 1. The summed E-state index contributed by atoms with van der Waals surface area (Å²) in [6.45, 7) is 2.05. The van der Waals surface area contributed by atoms with Gasteiger partial charge in [0.1, 0.15) is 5.75 Å². The van der Waals surface area contributed by atoms with Gasteiger partial charge in [-0.2, -0.15) is 0 Å². The molecule has 25 heavy (non-hydrogen) atoms. The predicted molar refractivity (Wildman–Crippen MR) is 102 cm³/mol. The number of carbonyl (C=O) groups excluding carboxylic acids is 1. The van der Waals surface area contributed by atoms with E-state index < -0.39 is 0 Å². The third-order valence-corrected chi connectivity index (χ3v) is 5.08. The average Bonchev–Trinajstić information content (AvgIpc) is 3.12. The number of nitrogens with zero attached hydrogens (tertiary/aromatic N) is 2. The number of hydrogen-bond acceptors (Lipinski definition) is 2. The Hall–Kier alpha value is -2.53. The summed E-state index contributed by atoms with van der Waals surface area (Å²) in [6, 6.07) is 17.3. The van der Waals surface area contributed by atoms with Crippen molar-refractivity contribution in [1.29, 1.82) is 0 Å². The Bertz CT molecular complexity index is 964. The minimum Gasteiger partial charge on any atom is -0.497 e. The first-order valence-electron chi connectivity index (χ1n) is 8.05. The molecule has 1 unspecified atom stereocenters. The fourth-order valence-corrected chi connectivity index (χ4v) is 3.72. The van der Waals surface area contributed by atoms with E-state index in [1.807, 2.05) is 60.5 Å². The maximum Gasteiger partial charge on any atom is 0.259 e. The monoisotopic (exact) mass is 396 g/mol. The Morgan fingerprint density at radius 1 is 1.08 bits per heavy atom. The molecule has 5 heteroatoms. The van der Waals surface area contributed by atoms with Crippen molar-refractivity contribution in [3.63, 3.8) is 0 Å². The van der Waals surface area contributed by atoms with E-state index >= 15 is 0 Å². The van der Waals surface area contributed by atoms with Crippen LogP contribution in [0.2, 0.25) is 0 Å². The lowest BCUT2D eigenvalue weighted by Gasteiger charge is -2.36. The van der Waals surface area contributed by atoms with Gasteiger partial charge >= 0.3 is 0 Å². The molecular formula is C20H17BrN2O2. The van der Waals surface area contributed by atoms with E-state index in [0.29, 0.717) is 11.3 Å². The Morgan fingerprint density at radius 3 is 2.72 bits per heavy atom. The number of benzene rings is 2. The van der Waals surface area contributed by atoms with E-state index in [1.165, 1.54) is 0 Å². The summed E-state index contributed by atoms with van der Waals surface area (Å²) in [5, 5.41) is 0. The zero-order chi connectivity index (χ0) is 17.6. The Balaban J connectivity index is 1.87. The number of ether oxygens (including phenoxy) is 1. The Morgan fingerprint density at radius 2 is 1.92 bits per heavy atom. The number of methoxy groups -OCH3 is 1. The van der Waals surface area contributed by atoms with E-state index in [4.69, 9.17) is 4.74 Å². The maximum atomic E-state index is 13.3. The largest absolute Gasteiger partial charge is 0.497 e. The van der Waals surface area contributed by atoms with Crippen LogP contribution >= 0.6 is 15.9 Å². The van der Waals surface area contributed by atoms with Gasteiger partial charge in [-0.1, -0.05) is 22.0 Å². The molecule has 0 spiro atoms. The van der Waals surface area contributed by atoms with Crippen LogP contribution in [0, 0.1) is 0 Å². The molecule has 3 aromatic rings. The molecule has 4 rings (SSSR count). The first kappa shape index (κ1) is 16.0. The molecule has 0 fully saturated rings. The van der Waals surface area contributed by atoms with Crippen LogP contribution in [0.5, 0.6) is 5.75 Å². The van der Waals surface area contributed by atoms with Crippen LogP contribution in [-0.2, 0) is 0 Å². The van der Waals surface area contributed by atoms with Crippen LogP contribution in [0.15, 0.2) is 65.3 Å². The minimum absolute atomic E-state index is 0.0433. The van der Waals surface area contributed by atoms with Crippen molar-refractivity contribution in [1.82, 2.24) is 4.57 Å². The predicted octanol–water partition coefficient (Wildman–Crippen LogP) is 4.97. The highest BCUT2D eigenvalue weighted by atomic mass is 79.9. The van der Waals surface area contributed by atoms with Gasteiger partial charge in [-0.15, -0.1) is 0 Å². The summed E-state index contributed by atoms with van der Waals surface area (Å²) in [5.41, 5.74) is 3.58. The first-order valence-corrected chi connectivity index (χ1v) is 8.84. The standard InChI is InChI=1S/C20H17BrN2O2/c1-13-17-7-4-10-22(17)18-9-8-15(21)12-19(18)23(13)20(24)14-5-3-6-16(11-14)25-2/h3-13H,1-2H3. The van der Waals surface area contributed by atoms with E-state index in [9.17, 15) is 4.79 Å². The number of aromatic nitrogens is 1. The van der Waals surface area contributed by atoms with E-state index in [0.717, 1.165) is 21.5 Å². The van der Waals surface area contributed by atoms with Gasteiger partial charge in [0.15, 0.2) is 0 Å². The van der Waals surface area contributed by atoms with Gasteiger partial charge in [0.05, 0.1) is 24.5 Å². The lowest BCUT2D eigenvalue weighted by Crippen LogP contribution is -2.38. The number of fused-ring (bicyclic) bond motifs is 3. The topological polar surface area (TPSA) is 34.5 Å². The van der Waals surface area contributed by atoms with Gasteiger partial charge in [0.2, 0.25) is 0 Å². The van der Waals surface area contributed by atoms with Gasteiger partial charge in [0.25, 0.3) is 5.91 Å². The third-order valence-electron chi connectivity index (χ3n) is 4.59. The smallest absolute Gasteiger partial charge is 0.259 e. The van der Waals surface area contributed by atoms with E-state index in [-0.39, 0.29) is 11.9 Å². The van der Waals surface area contributed by atoms with Crippen molar-refractivity contribution in [2.75, 3.05) is 12.0 Å². The second-order valence-corrected chi connectivity index (χ2v) is 6.93. The van der Waals surface area contributed by atoms with Crippen molar-refractivity contribution in [3.05, 3.63) is 76.5 Å². The maximum absolute atomic E-state index is 13.3. The summed E-state index contributed by atoms with van der Waals surface area (Å²) >= 11 is 3.53. The molecule has 0 bridgehead atoms. The molecule has 1 aliphatic heterocycles. The van der Waals surface area contributed by atoms with Crippen molar-refractivity contribution >= 4 is 27.5 Å². The van der Waals surface area contributed by atoms with Crippen molar-refractivity contribution in [3.8, 4) is 11.4 Å². The fraction of sp³-hybridized carbons (Fsp3) is 0.150. The van der Waals surface area contributed by atoms with Crippen LogP contribution < -0.4 is 9.64 Å². The second-order valence-electron chi connectivity index (χ2n) is 6.02. The van der Waals surface area contributed by atoms with E-state index in [1.54, 1.807) is 13.2 Å². The third kappa shape index (κ3) is 2.55. The number of rotatable bonds is 2. The van der Waals surface area contributed by atoms with Crippen LogP contribution in [0.3, 0.4) is 0 Å². The molecule has 0 aliphatic carbocycles. The summed E-state index contributed by atoms with van der Waals surface area (Å²) in [5.74, 6) is 0.631. The Kier molecular flexibility index (Phi) is 3.88. The molecule has 1 atom stereocenters. The molecule has 2 aromatic carbocycles. The SMILES string of the molecule is COc1cccc(C(=O)N2c3cc(Br)ccc3-n3cccc3C2C)c1. The highest BCUT2D eigenvalue weighted by Gasteiger charge is 2.33. The molecule has 1 aliphatic rings. The molecule has 126 valence electrons. The minimum atomic E-state index is -0.0736. The summed E-state index contributed by atoms with van der Waals surface area (Å²) in [4.78, 5) is 15.2. The molecule has 0 radical (unpaired) electrons. The summed E-state index contributed by atoms with van der Waals surface area (Å²) < 4.78 is 8.35. The number of halogens is 1. The quantitative estimate of drug-likeness (QED) is 0.612. The fourth-order valence-electron chi connectivity index (χ4n) is 3.37. The highest BCUT2D eigenvalue weighted by molar-refractivity contribution is 9.10. The van der Waals surface area contributed by atoms with Crippen molar-refractivity contribution in [2.45, 2.75) is 13.0 Å². The molecule has 2 heterocycles. The second kappa shape index (κ2) is 6.08. The molecule has 1 aromatic heterocycles. The number of carbonyl (C=O) groups is 1. The molecule has 0 saturated carbocycles. The van der Waals surface area contributed by atoms with Crippen LogP contribution in [0.25, 0.3) is 5.69 Å². The summed E-state index contributed by atoms with van der Waals surface area (Å²) in [7, 11) is 1.60. The Labute approximate surface area is 154 Å². The number of hydrogen-bond donors (Lipinski definition) is 0. The molecule has 0 N–H and O–H groups in total. The normalized spacial score (nSPS) is 15.5. The zero-order valence-electron chi connectivity index (χ0n) is 13.9. The van der Waals surface area contributed by atoms with E-state index in [2.05, 4.69) is 26.6 Å². The van der Waals surface area contributed by atoms with Gasteiger partial charge in [-0.25, -0.2) is 0 Å². The van der Waals surface area contributed by atoms with Crippen LogP contribution in [-0.4, -0.2) is 17.6 Å². The lowest BCUT2D eigenvalue weighted by atomic mass is 10.0. The van der Waals surface area contributed by atoms with Gasteiger partial charge < -0.3 is 9.30 Å². The van der Waals surface area contributed by atoms with Gasteiger partial charge in [-0.3, -0.25) is 9.69 Å². The van der Waals surface area contributed by atoms with Crippen molar-refractivity contribution < 1.29 is 9.53 Å². The zero-order valence-corrected chi connectivity index (χ0v) is 15.5. The molecule has 1 amide bonds. The number of amides is 1. The van der Waals surface area contributed by atoms with Crippen LogP contribution in [0.1, 0.15) is 29.0 Å². The summed E-state index contributed by atoms with van der Waals surface area (Å²) in [6.07, 6.45) is 2.03. The first-order chi connectivity index (χ1) is 12.1. The van der Waals surface area contributed by atoms with Gasteiger partial charge in [0, 0.05) is 21.9 Å². The highest BCUT2D eigenvalue weighted by Crippen LogP contribution is 2.41.